The third kappa shape index (κ3) is 4.48. The zero-order valence-corrected chi connectivity index (χ0v) is 21.2. The fourth-order valence-electron chi connectivity index (χ4n) is 5.09. The standard InChI is InChI=1S/C29H25FN8O/c1-16-10-17(12-19(30)11-16)25-26-23(6-9-33-25)35-29(36-26)28-27-24(37-38-28)3-2-22(34-27)18-13-21(15-32-14-18)39-20-4-7-31-8-5-20/h2-3,6,9-15,20,31H,4-5,7-8H2,1H3,(H,35,36)(H,37,38). The highest BCUT2D eigenvalue weighted by Crippen LogP contribution is 2.32. The fourth-order valence-corrected chi connectivity index (χ4v) is 5.09. The number of rotatable bonds is 5. The number of piperidine rings is 1. The Morgan fingerprint density at radius 1 is 0.897 bits per heavy atom. The van der Waals surface area contributed by atoms with Crippen LogP contribution in [0.15, 0.2) is 61.1 Å². The topological polar surface area (TPSA) is 117 Å². The lowest BCUT2D eigenvalue weighted by molar-refractivity contribution is 0.162. The highest BCUT2D eigenvalue weighted by atomic mass is 19.1. The normalized spacial score (nSPS) is 14.3. The second-order valence-corrected chi connectivity index (χ2v) is 9.80. The minimum Gasteiger partial charge on any atom is -0.489 e. The lowest BCUT2D eigenvalue weighted by Gasteiger charge is -2.23. The fraction of sp³-hybridized carbons (Fsp3) is 0.207. The van der Waals surface area contributed by atoms with Gasteiger partial charge in [0.05, 0.1) is 28.6 Å². The maximum atomic E-state index is 14.1. The summed E-state index contributed by atoms with van der Waals surface area (Å²) in [7, 11) is 0. The average molecular weight is 521 g/mol. The van der Waals surface area contributed by atoms with E-state index in [4.69, 9.17) is 14.7 Å². The van der Waals surface area contributed by atoms with Gasteiger partial charge in [-0.15, -0.1) is 0 Å². The van der Waals surface area contributed by atoms with Crippen LogP contribution in [0.1, 0.15) is 18.4 Å². The van der Waals surface area contributed by atoms with E-state index in [0.29, 0.717) is 33.8 Å². The largest absolute Gasteiger partial charge is 0.489 e. The predicted octanol–water partition coefficient (Wildman–Crippen LogP) is 5.20. The molecule has 0 atom stereocenters. The molecule has 194 valence electrons. The maximum absolute atomic E-state index is 14.1. The average Bonchev–Trinajstić information content (AvgIpc) is 3.57. The Morgan fingerprint density at radius 3 is 2.64 bits per heavy atom. The van der Waals surface area contributed by atoms with Crippen molar-refractivity contribution in [2.45, 2.75) is 25.9 Å². The SMILES string of the molecule is Cc1cc(F)cc(-c2nccc3[nH]c(-c4n[nH]c5ccc(-c6cncc(OC7CCNCC7)c6)nc45)nc23)c1. The van der Waals surface area contributed by atoms with E-state index in [9.17, 15) is 4.39 Å². The Labute approximate surface area is 222 Å². The third-order valence-electron chi connectivity index (χ3n) is 6.95. The van der Waals surface area contributed by atoms with Crippen molar-refractivity contribution in [2.75, 3.05) is 13.1 Å². The number of halogens is 1. The number of H-pyrrole nitrogens is 2. The molecular weight excluding hydrogens is 495 g/mol. The molecule has 0 saturated carbocycles. The first-order valence-corrected chi connectivity index (χ1v) is 12.9. The summed E-state index contributed by atoms with van der Waals surface area (Å²) >= 11 is 0. The molecule has 0 radical (unpaired) electrons. The molecular formula is C29H25FN8O. The molecule has 3 N–H and O–H groups in total. The van der Waals surface area contributed by atoms with Gasteiger partial charge < -0.3 is 15.0 Å². The van der Waals surface area contributed by atoms with Crippen molar-refractivity contribution >= 4 is 22.1 Å². The van der Waals surface area contributed by atoms with Crippen LogP contribution in [0.5, 0.6) is 5.75 Å². The predicted molar refractivity (Wildman–Crippen MR) is 147 cm³/mol. The molecule has 0 amide bonds. The molecule has 7 rings (SSSR count). The van der Waals surface area contributed by atoms with Crippen molar-refractivity contribution in [3.63, 3.8) is 0 Å². The van der Waals surface area contributed by atoms with Gasteiger partial charge in [0, 0.05) is 23.5 Å². The number of benzene rings is 1. The third-order valence-corrected chi connectivity index (χ3v) is 6.95. The van der Waals surface area contributed by atoms with Gasteiger partial charge in [0.25, 0.3) is 0 Å². The van der Waals surface area contributed by atoms with E-state index in [1.165, 1.54) is 12.1 Å². The zero-order chi connectivity index (χ0) is 26.3. The minimum absolute atomic E-state index is 0.183. The smallest absolute Gasteiger partial charge is 0.161 e. The van der Waals surface area contributed by atoms with Crippen molar-refractivity contribution in [1.29, 1.82) is 0 Å². The monoisotopic (exact) mass is 520 g/mol. The molecule has 0 aliphatic carbocycles. The van der Waals surface area contributed by atoms with Crippen LogP contribution >= 0.6 is 0 Å². The first-order chi connectivity index (χ1) is 19.1. The Kier molecular flexibility index (Phi) is 5.74. The second-order valence-electron chi connectivity index (χ2n) is 9.80. The van der Waals surface area contributed by atoms with Crippen molar-refractivity contribution in [3.05, 3.63) is 72.4 Å². The van der Waals surface area contributed by atoms with Crippen molar-refractivity contribution in [1.82, 2.24) is 40.4 Å². The number of aromatic nitrogens is 7. The molecule has 39 heavy (non-hydrogen) atoms. The molecule has 0 unspecified atom stereocenters. The molecule has 0 bridgehead atoms. The van der Waals surface area contributed by atoms with Crippen LogP contribution in [0.4, 0.5) is 4.39 Å². The van der Waals surface area contributed by atoms with Gasteiger partial charge in [0.2, 0.25) is 0 Å². The molecule has 6 heterocycles. The number of ether oxygens (including phenoxy) is 1. The van der Waals surface area contributed by atoms with E-state index >= 15 is 0 Å². The Morgan fingerprint density at radius 2 is 1.77 bits per heavy atom. The van der Waals surface area contributed by atoms with Crippen LogP contribution in [0.2, 0.25) is 0 Å². The van der Waals surface area contributed by atoms with Crippen LogP contribution in [-0.4, -0.2) is 54.3 Å². The molecule has 6 aromatic rings. The number of nitrogens with one attached hydrogen (secondary N) is 3. The summed E-state index contributed by atoms with van der Waals surface area (Å²) in [5.74, 6) is 0.970. The molecule has 1 aliphatic rings. The number of aryl methyl sites for hydroxylation is 1. The number of pyridine rings is 3. The lowest BCUT2D eigenvalue weighted by atomic mass is 10.1. The van der Waals surface area contributed by atoms with Crippen LogP contribution < -0.4 is 10.1 Å². The molecule has 5 aromatic heterocycles. The Balaban J connectivity index is 1.26. The van der Waals surface area contributed by atoms with Gasteiger partial charge in [-0.3, -0.25) is 15.1 Å². The lowest BCUT2D eigenvalue weighted by Crippen LogP contribution is -2.34. The summed E-state index contributed by atoms with van der Waals surface area (Å²) < 4.78 is 20.3. The molecule has 1 aromatic carbocycles. The number of hydrogen-bond donors (Lipinski definition) is 3. The van der Waals surface area contributed by atoms with Crippen molar-refractivity contribution in [2.24, 2.45) is 0 Å². The summed E-state index contributed by atoms with van der Waals surface area (Å²) in [5, 5.41) is 10.9. The van der Waals surface area contributed by atoms with Gasteiger partial charge >= 0.3 is 0 Å². The molecule has 1 aliphatic heterocycles. The van der Waals surface area contributed by atoms with E-state index in [1.54, 1.807) is 18.6 Å². The summed E-state index contributed by atoms with van der Waals surface area (Å²) in [5.41, 5.74) is 7.14. The number of aromatic amines is 2. The van der Waals surface area contributed by atoms with E-state index in [-0.39, 0.29) is 11.9 Å². The van der Waals surface area contributed by atoms with Gasteiger partial charge in [-0.2, -0.15) is 5.10 Å². The molecule has 1 fully saturated rings. The maximum Gasteiger partial charge on any atom is 0.161 e. The summed E-state index contributed by atoms with van der Waals surface area (Å²) in [4.78, 5) is 22.0. The van der Waals surface area contributed by atoms with E-state index in [2.05, 4.69) is 30.5 Å². The van der Waals surface area contributed by atoms with Gasteiger partial charge in [-0.25, -0.2) is 14.4 Å². The molecule has 1 saturated heterocycles. The zero-order valence-electron chi connectivity index (χ0n) is 21.2. The van der Waals surface area contributed by atoms with Crippen molar-refractivity contribution in [3.8, 4) is 39.8 Å². The molecule has 0 spiro atoms. The first kappa shape index (κ1) is 23.4. The van der Waals surface area contributed by atoms with Crippen LogP contribution in [0, 0.1) is 12.7 Å². The van der Waals surface area contributed by atoms with E-state index in [0.717, 1.165) is 59.5 Å². The van der Waals surface area contributed by atoms with E-state index in [1.807, 2.05) is 37.3 Å². The quantitative estimate of drug-likeness (QED) is 0.286. The van der Waals surface area contributed by atoms with Crippen LogP contribution in [0.25, 0.3) is 56.1 Å². The number of nitrogens with zero attached hydrogens (tertiary/aromatic N) is 5. The number of imidazole rings is 1. The van der Waals surface area contributed by atoms with Gasteiger partial charge in [0.15, 0.2) is 11.5 Å². The van der Waals surface area contributed by atoms with Gasteiger partial charge in [0.1, 0.15) is 28.7 Å². The summed E-state index contributed by atoms with van der Waals surface area (Å²) in [6.07, 6.45) is 7.34. The van der Waals surface area contributed by atoms with Gasteiger partial charge in [-0.05, 0) is 80.9 Å². The number of hydrogen-bond acceptors (Lipinski definition) is 7. The first-order valence-electron chi connectivity index (χ1n) is 12.9. The van der Waals surface area contributed by atoms with Crippen LogP contribution in [0.3, 0.4) is 0 Å². The molecule has 10 heteroatoms. The Bertz CT molecular complexity index is 1800. The Hall–Kier alpha value is -4.70. The highest BCUT2D eigenvalue weighted by Gasteiger charge is 2.19. The summed E-state index contributed by atoms with van der Waals surface area (Å²) in [6.45, 7) is 3.77. The number of fused-ring (bicyclic) bond motifs is 2. The second kappa shape index (κ2) is 9.55. The minimum atomic E-state index is -0.311. The highest BCUT2D eigenvalue weighted by molar-refractivity contribution is 5.95. The van der Waals surface area contributed by atoms with Crippen LogP contribution in [-0.2, 0) is 0 Å². The van der Waals surface area contributed by atoms with Gasteiger partial charge in [-0.1, -0.05) is 0 Å². The van der Waals surface area contributed by atoms with Crippen molar-refractivity contribution < 1.29 is 9.13 Å². The van der Waals surface area contributed by atoms with E-state index < -0.39 is 0 Å². The summed E-state index contributed by atoms with van der Waals surface area (Å²) in [6, 6.07) is 12.6. The molecule has 9 nitrogen and oxygen atoms in total.